The van der Waals surface area contributed by atoms with E-state index in [1.54, 1.807) is 0 Å². The smallest absolute Gasteiger partial charge is 0.0323 e. The van der Waals surface area contributed by atoms with E-state index in [1.807, 2.05) is 0 Å². The zero-order valence-corrected chi connectivity index (χ0v) is 13.2. The lowest BCUT2D eigenvalue weighted by Gasteiger charge is -2.42. The van der Waals surface area contributed by atoms with E-state index in [-0.39, 0.29) is 0 Å². The van der Waals surface area contributed by atoms with Crippen molar-refractivity contribution in [2.45, 2.75) is 92.9 Å². The molecule has 0 spiro atoms. The Kier molecular flexibility index (Phi) is 4.72. The molecule has 0 radical (unpaired) electrons. The maximum absolute atomic E-state index is 2.52. The molecular weight excluding hydrogens is 204 g/mol. The molecule has 0 N–H and O–H groups in total. The summed E-state index contributed by atoms with van der Waals surface area (Å²) in [6, 6.07) is 0. The third kappa shape index (κ3) is 5.02. The Morgan fingerprint density at radius 3 is 1.88 bits per heavy atom. The standard InChI is InChI=1S/C17H34/c1-7-17(6)12-10-8-9-11-15(2,3)13-16(4,5)14-17/h7-14H2,1-6H3. The molecule has 0 aromatic heterocycles. The van der Waals surface area contributed by atoms with Gasteiger partial charge in [0.05, 0.1) is 0 Å². The first-order valence-corrected chi connectivity index (χ1v) is 7.68. The van der Waals surface area contributed by atoms with Gasteiger partial charge in [-0.1, -0.05) is 67.2 Å². The highest BCUT2D eigenvalue weighted by molar-refractivity contribution is 4.87. The van der Waals surface area contributed by atoms with Crippen molar-refractivity contribution in [3.05, 3.63) is 0 Å². The fourth-order valence-electron chi connectivity index (χ4n) is 4.32. The van der Waals surface area contributed by atoms with E-state index >= 15 is 0 Å². The van der Waals surface area contributed by atoms with E-state index in [2.05, 4.69) is 41.5 Å². The summed E-state index contributed by atoms with van der Waals surface area (Å²) < 4.78 is 0. The van der Waals surface area contributed by atoms with Gasteiger partial charge in [0.15, 0.2) is 0 Å². The summed E-state index contributed by atoms with van der Waals surface area (Å²) in [5.74, 6) is 0. The van der Waals surface area contributed by atoms with Crippen LogP contribution in [-0.2, 0) is 0 Å². The topological polar surface area (TPSA) is 0 Å². The zero-order chi connectivity index (χ0) is 13.2. The van der Waals surface area contributed by atoms with E-state index in [0.29, 0.717) is 16.2 Å². The van der Waals surface area contributed by atoms with Crippen LogP contribution in [0.3, 0.4) is 0 Å². The Morgan fingerprint density at radius 1 is 0.706 bits per heavy atom. The Balaban J connectivity index is 2.81. The summed E-state index contributed by atoms with van der Waals surface area (Å²) in [5, 5.41) is 0. The van der Waals surface area contributed by atoms with E-state index in [9.17, 15) is 0 Å². The molecule has 1 aliphatic rings. The second-order valence-corrected chi connectivity index (χ2v) is 8.41. The van der Waals surface area contributed by atoms with Crippen molar-refractivity contribution in [1.29, 1.82) is 0 Å². The van der Waals surface area contributed by atoms with E-state index in [1.165, 1.54) is 51.4 Å². The molecule has 1 rings (SSSR count). The van der Waals surface area contributed by atoms with Crippen LogP contribution in [0, 0.1) is 16.2 Å². The summed E-state index contributed by atoms with van der Waals surface area (Å²) >= 11 is 0. The van der Waals surface area contributed by atoms with Gasteiger partial charge >= 0.3 is 0 Å². The van der Waals surface area contributed by atoms with Crippen LogP contribution in [0.2, 0.25) is 0 Å². The SMILES string of the molecule is CCC1(C)CCCCCC(C)(C)CC(C)(C)C1. The summed E-state index contributed by atoms with van der Waals surface area (Å²) in [6.07, 6.45) is 11.3. The molecule has 0 bridgehead atoms. The van der Waals surface area contributed by atoms with Gasteiger partial charge < -0.3 is 0 Å². The maximum Gasteiger partial charge on any atom is -0.0323 e. The molecule has 0 aromatic carbocycles. The van der Waals surface area contributed by atoms with Crippen molar-refractivity contribution in [2.24, 2.45) is 16.2 Å². The van der Waals surface area contributed by atoms with E-state index in [0.717, 1.165) is 0 Å². The average molecular weight is 238 g/mol. The van der Waals surface area contributed by atoms with Crippen molar-refractivity contribution in [3.8, 4) is 0 Å². The second-order valence-electron chi connectivity index (χ2n) is 8.41. The lowest BCUT2D eigenvalue weighted by Crippen LogP contribution is -2.30. The predicted octanol–water partition coefficient (Wildman–Crippen LogP) is 6.20. The lowest BCUT2D eigenvalue weighted by atomic mass is 9.63. The highest BCUT2D eigenvalue weighted by Gasteiger charge is 2.35. The molecule has 0 heterocycles. The molecule has 1 atom stereocenters. The molecule has 0 amide bonds. The molecule has 102 valence electrons. The molecule has 1 saturated carbocycles. The summed E-state index contributed by atoms with van der Waals surface area (Å²) in [5.41, 5.74) is 1.62. The minimum Gasteiger partial charge on any atom is -0.0649 e. The molecule has 0 heteroatoms. The molecule has 0 nitrogen and oxygen atoms in total. The van der Waals surface area contributed by atoms with E-state index in [4.69, 9.17) is 0 Å². The van der Waals surface area contributed by atoms with Crippen LogP contribution < -0.4 is 0 Å². The summed E-state index contributed by atoms with van der Waals surface area (Å²) in [7, 11) is 0. The van der Waals surface area contributed by atoms with Gasteiger partial charge in [-0.15, -0.1) is 0 Å². The van der Waals surface area contributed by atoms with Crippen molar-refractivity contribution in [1.82, 2.24) is 0 Å². The van der Waals surface area contributed by atoms with Gasteiger partial charge in [0, 0.05) is 0 Å². The van der Waals surface area contributed by atoms with Gasteiger partial charge in [-0.3, -0.25) is 0 Å². The van der Waals surface area contributed by atoms with Crippen LogP contribution in [0.25, 0.3) is 0 Å². The first-order valence-electron chi connectivity index (χ1n) is 7.68. The molecular formula is C17H34. The first-order chi connectivity index (χ1) is 7.68. The Bertz CT molecular complexity index is 236. The van der Waals surface area contributed by atoms with Crippen LogP contribution in [-0.4, -0.2) is 0 Å². The molecule has 0 aliphatic heterocycles. The molecule has 17 heavy (non-hydrogen) atoms. The molecule has 1 fully saturated rings. The normalized spacial score (nSPS) is 34.2. The first kappa shape index (κ1) is 15.1. The molecule has 1 aliphatic carbocycles. The third-order valence-electron chi connectivity index (χ3n) is 4.85. The highest BCUT2D eigenvalue weighted by atomic mass is 14.4. The van der Waals surface area contributed by atoms with Crippen LogP contribution in [0.15, 0.2) is 0 Å². The largest absolute Gasteiger partial charge is 0.0649 e. The fourth-order valence-corrected chi connectivity index (χ4v) is 4.32. The minimum atomic E-state index is 0.506. The Labute approximate surface area is 110 Å². The van der Waals surface area contributed by atoms with Crippen molar-refractivity contribution < 1.29 is 0 Å². The number of hydrogen-bond donors (Lipinski definition) is 0. The molecule has 0 saturated heterocycles. The molecule has 0 aromatic rings. The van der Waals surface area contributed by atoms with Crippen LogP contribution in [0.1, 0.15) is 92.9 Å². The summed E-state index contributed by atoms with van der Waals surface area (Å²) in [6.45, 7) is 14.8. The Hall–Kier alpha value is 0. The molecule has 1 unspecified atom stereocenters. The third-order valence-corrected chi connectivity index (χ3v) is 4.85. The fraction of sp³-hybridized carbons (Fsp3) is 1.00. The van der Waals surface area contributed by atoms with Crippen molar-refractivity contribution in [2.75, 3.05) is 0 Å². The van der Waals surface area contributed by atoms with Crippen LogP contribution in [0.5, 0.6) is 0 Å². The Morgan fingerprint density at radius 2 is 1.29 bits per heavy atom. The number of hydrogen-bond acceptors (Lipinski definition) is 0. The lowest BCUT2D eigenvalue weighted by molar-refractivity contribution is 0.0894. The quantitative estimate of drug-likeness (QED) is 0.510. The minimum absolute atomic E-state index is 0.506. The predicted molar refractivity (Wildman–Crippen MR) is 78.3 cm³/mol. The van der Waals surface area contributed by atoms with Gasteiger partial charge in [-0.2, -0.15) is 0 Å². The van der Waals surface area contributed by atoms with Gasteiger partial charge in [-0.25, -0.2) is 0 Å². The van der Waals surface area contributed by atoms with Gasteiger partial charge in [0.1, 0.15) is 0 Å². The maximum atomic E-state index is 2.52. The van der Waals surface area contributed by atoms with Crippen LogP contribution in [0.4, 0.5) is 0 Å². The van der Waals surface area contributed by atoms with Crippen LogP contribution >= 0.6 is 0 Å². The zero-order valence-electron chi connectivity index (χ0n) is 13.2. The average Bonchev–Trinajstić information content (AvgIpc) is 2.13. The van der Waals surface area contributed by atoms with Gasteiger partial charge in [0.2, 0.25) is 0 Å². The number of rotatable bonds is 1. The van der Waals surface area contributed by atoms with Gasteiger partial charge in [-0.05, 0) is 41.9 Å². The van der Waals surface area contributed by atoms with Crippen molar-refractivity contribution >= 4 is 0 Å². The van der Waals surface area contributed by atoms with Gasteiger partial charge in [0.25, 0.3) is 0 Å². The second kappa shape index (κ2) is 5.33. The van der Waals surface area contributed by atoms with Crippen molar-refractivity contribution in [3.63, 3.8) is 0 Å². The van der Waals surface area contributed by atoms with E-state index < -0.39 is 0 Å². The monoisotopic (exact) mass is 238 g/mol. The highest BCUT2D eigenvalue weighted by Crippen LogP contribution is 2.47. The summed E-state index contributed by atoms with van der Waals surface area (Å²) in [4.78, 5) is 0.